The fraction of sp³-hybridized carbons (Fsp3) is 0.545. The molecule has 0 aliphatic carbocycles. The molecule has 1 amide bonds. The molecular formula is C11H19N5O. The monoisotopic (exact) mass is 237 g/mol. The summed E-state index contributed by atoms with van der Waals surface area (Å²) in [5, 5.41) is 2.86. The fourth-order valence-electron chi connectivity index (χ4n) is 1.31. The summed E-state index contributed by atoms with van der Waals surface area (Å²) in [4.78, 5) is 21.6. The zero-order valence-electron chi connectivity index (χ0n) is 10.5. The first-order valence-electron chi connectivity index (χ1n) is 5.52. The molecule has 6 heteroatoms. The summed E-state index contributed by atoms with van der Waals surface area (Å²) in [6.07, 6.45) is 3.70. The van der Waals surface area contributed by atoms with E-state index in [4.69, 9.17) is 5.73 Å². The van der Waals surface area contributed by atoms with E-state index in [1.165, 1.54) is 12.4 Å². The Balaban J connectivity index is 2.49. The van der Waals surface area contributed by atoms with Gasteiger partial charge in [-0.2, -0.15) is 0 Å². The predicted molar refractivity (Wildman–Crippen MR) is 66.5 cm³/mol. The summed E-state index contributed by atoms with van der Waals surface area (Å²) < 4.78 is 0. The van der Waals surface area contributed by atoms with Gasteiger partial charge in [-0.15, -0.1) is 0 Å². The van der Waals surface area contributed by atoms with Gasteiger partial charge in [0.2, 0.25) is 0 Å². The molecule has 0 aromatic carbocycles. The largest absolute Gasteiger partial charge is 0.382 e. The van der Waals surface area contributed by atoms with Gasteiger partial charge in [-0.3, -0.25) is 9.78 Å². The van der Waals surface area contributed by atoms with Gasteiger partial charge in [0.15, 0.2) is 0 Å². The molecule has 0 aliphatic heterocycles. The van der Waals surface area contributed by atoms with Crippen molar-refractivity contribution in [3.8, 4) is 0 Å². The Kier molecular flexibility index (Phi) is 4.84. The van der Waals surface area contributed by atoms with E-state index in [0.717, 1.165) is 13.0 Å². The van der Waals surface area contributed by atoms with E-state index < -0.39 is 0 Å². The van der Waals surface area contributed by atoms with Crippen LogP contribution in [-0.2, 0) is 0 Å². The lowest BCUT2D eigenvalue weighted by Crippen LogP contribution is -2.35. The molecule has 1 heterocycles. The van der Waals surface area contributed by atoms with Crippen LogP contribution in [0, 0.1) is 0 Å². The maximum absolute atomic E-state index is 11.8. The van der Waals surface area contributed by atoms with Crippen molar-refractivity contribution in [1.82, 2.24) is 20.2 Å². The molecule has 0 bridgehead atoms. The first-order valence-corrected chi connectivity index (χ1v) is 5.52. The number of hydrogen-bond acceptors (Lipinski definition) is 5. The number of nitrogens with one attached hydrogen (secondary N) is 1. The van der Waals surface area contributed by atoms with Gasteiger partial charge in [0.05, 0.1) is 12.4 Å². The van der Waals surface area contributed by atoms with Crippen LogP contribution in [0.5, 0.6) is 0 Å². The maximum atomic E-state index is 11.8. The smallest absolute Gasteiger partial charge is 0.271 e. The number of carbonyl (C=O) groups is 1. The van der Waals surface area contributed by atoms with Gasteiger partial charge in [0.25, 0.3) is 5.91 Å². The highest BCUT2D eigenvalue weighted by Gasteiger charge is 2.11. The van der Waals surface area contributed by atoms with Gasteiger partial charge < -0.3 is 16.0 Å². The molecule has 0 saturated carbocycles. The van der Waals surface area contributed by atoms with E-state index in [9.17, 15) is 4.79 Å². The molecule has 0 spiro atoms. The highest BCUT2D eigenvalue weighted by molar-refractivity contribution is 5.92. The molecule has 1 aromatic heterocycles. The number of nitrogens with two attached hydrogens (primary N) is 1. The van der Waals surface area contributed by atoms with Crippen molar-refractivity contribution >= 4 is 11.7 Å². The Morgan fingerprint density at radius 3 is 2.82 bits per heavy atom. The Morgan fingerprint density at radius 1 is 1.53 bits per heavy atom. The number of anilines is 1. The summed E-state index contributed by atoms with van der Waals surface area (Å²) in [5.41, 5.74) is 5.72. The normalized spacial score (nSPS) is 12.5. The predicted octanol–water partition coefficient (Wildman–Crippen LogP) is 0.129. The second-order valence-electron chi connectivity index (χ2n) is 4.30. The van der Waals surface area contributed by atoms with Crippen LogP contribution in [0.25, 0.3) is 0 Å². The van der Waals surface area contributed by atoms with Crippen molar-refractivity contribution in [2.24, 2.45) is 0 Å². The molecule has 17 heavy (non-hydrogen) atoms. The van der Waals surface area contributed by atoms with Gasteiger partial charge in [-0.1, -0.05) is 0 Å². The van der Waals surface area contributed by atoms with Gasteiger partial charge in [-0.25, -0.2) is 4.98 Å². The quantitative estimate of drug-likeness (QED) is 0.760. The molecule has 3 N–H and O–H groups in total. The van der Waals surface area contributed by atoms with Crippen molar-refractivity contribution in [3.63, 3.8) is 0 Å². The summed E-state index contributed by atoms with van der Waals surface area (Å²) in [6.45, 7) is 2.88. The van der Waals surface area contributed by atoms with Gasteiger partial charge >= 0.3 is 0 Å². The molecule has 1 rings (SSSR count). The van der Waals surface area contributed by atoms with E-state index >= 15 is 0 Å². The third kappa shape index (κ3) is 4.78. The molecule has 0 saturated heterocycles. The number of hydrogen-bond donors (Lipinski definition) is 2. The lowest BCUT2D eigenvalue weighted by molar-refractivity contribution is 0.0931. The van der Waals surface area contributed by atoms with Crippen LogP contribution in [0.3, 0.4) is 0 Å². The van der Waals surface area contributed by atoms with Gasteiger partial charge in [-0.05, 0) is 34.0 Å². The molecule has 6 nitrogen and oxygen atoms in total. The number of amides is 1. The fourth-order valence-corrected chi connectivity index (χ4v) is 1.31. The van der Waals surface area contributed by atoms with Crippen molar-refractivity contribution in [3.05, 3.63) is 18.1 Å². The van der Waals surface area contributed by atoms with Crippen LogP contribution in [0.15, 0.2) is 12.4 Å². The minimum Gasteiger partial charge on any atom is -0.382 e. The summed E-state index contributed by atoms with van der Waals surface area (Å²) in [6, 6.07) is 0.0909. The SMILES string of the molecule is CC(CCN(C)C)NC(=O)c1cncc(N)n1. The summed E-state index contributed by atoms with van der Waals surface area (Å²) >= 11 is 0. The van der Waals surface area contributed by atoms with Crippen LogP contribution in [0.4, 0.5) is 5.82 Å². The number of nitrogen functional groups attached to an aromatic ring is 1. The third-order valence-electron chi connectivity index (χ3n) is 2.27. The van der Waals surface area contributed by atoms with Crippen LogP contribution in [0.2, 0.25) is 0 Å². The zero-order valence-corrected chi connectivity index (χ0v) is 10.5. The summed E-state index contributed by atoms with van der Waals surface area (Å²) in [7, 11) is 4.00. The Hall–Kier alpha value is -1.69. The van der Waals surface area contributed by atoms with Gasteiger partial charge in [0.1, 0.15) is 11.5 Å². The van der Waals surface area contributed by atoms with Gasteiger partial charge in [0, 0.05) is 6.04 Å². The second-order valence-corrected chi connectivity index (χ2v) is 4.30. The standard InChI is InChI=1S/C11H19N5O/c1-8(4-5-16(2)3)14-11(17)9-6-13-7-10(12)15-9/h6-8H,4-5H2,1-3H3,(H2,12,15)(H,14,17). The van der Waals surface area contributed by atoms with Crippen molar-refractivity contribution < 1.29 is 4.79 Å². The Morgan fingerprint density at radius 2 is 2.24 bits per heavy atom. The van der Waals surface area contributed by atoms with E-state index in [-0.39, 0.29) is 23.5 Å². The van der Waals surface area contributed by atoms with E-state index in [2.05, 4.69) is 20.2 Å². The van der Waals surface area contributed by atoms with Crippen LogP contribution < -0.4 is 11.1 Å². The van der Waals surface area contributed by atoms with E-state index in [1.54, 1.807) is 0 Å². The average molecular weight is 237 g/mol. The average Bonchev–Trinajstić information content (AvgIpc) is 2.26. The van der Waals surface area contributed by atoms with E-state index in [0.29, 0.717) is 0 Å². The molecule has 1 aromatic rings. The van der Waals surface area contributed by atoms with Crippen molar-refractivity contribution in [2.75, 3.05) is 26.4 Å². The number of rotatable bonds is 5. The number of aromatic nitrogens is 2. The molecule has 0 aliphatic rings. The van der Waals surface area contributed by atoms with Crippen LogP contribution in [-0.4, -0.2) is 47.5 Å². The highest BCUT2D eigenvalue weighted by atomic mass is 16.1. The molecule has 0 radical (unpaired) electrons. The molecular weight excluding hydrogens is 218 g/mol. The molecule has 1 atom stereocenters. The molecule has 1 unspecified atom stereocenters. The molecule has 0 fully saturated rings. The van der Waals surface area contributed by atoms with Crippen molar-refractivity contribution in [1.29, 1.82) is 0 Å². The first-order chi connectivity index (χ1) is 7.99. The van der Waals surface area contributed by atoms with Crippen LogP contribution in [0.1, 0.15) is 23.8 Å². The Bertz CT molecular complexity index is 380. The zero-order chi connectivity index (χ0) is 12.8. The van der Waals surface area contributed by atoms with E-state index in [1.807, 2.05) is 21.0 Å². The Labute approximate surface area is 101 Å². The number of carbonyl (C=O) groups excluding carboxylic acids is 1. The third-order valence-corrected chi connectivity index (χ3v) is 2.27. The summed E-state index contributed by atoms with van der Waals surface area (Å²) in [5.74, 6) is 0.00894. The maximum Gasteiger partial charge on any atom is 0.271 e. The minimum absolute atomic E-state index is 0.0909. The molecule has 94 valence electrons. The minimum atomic E-state index is -0.240. The lowest BCUT2D eigenvalue weighted by atomic mass is 10.2. The lowest BCUT2D eigenvalue weighted by Gasteiger charge is -2.16. The highest BCUT2D eigenvalue weighted by Crippen LogP contribution is 1.99. The topological polar surface area (TPSA) is 84.1 Å². The number of nitrogens with zero attached hydrogens (tertiary/aromatic N) is 3. The van der Waals surface area contributed by atoms with Crippen molar-refractivity contribution in [2.45, 2.75) is 19.4 Å². The van der Waals surface area contributed by atoms with Crippen LogP contribution >= 0.6 is 0 Å². The first kappa shape index (κ1) is 13.4. The second kappa shape index (κ2) is 6.15.